The SMILES string of the molecule is COCCN(C)C(=O)C(C)n1cc2c(N)nc3cc(-c4ccn[nH]4)ccc3c2n1. The summed E-state index contributed by atoms with van der Waals surface area (Å²) in [6.45, 7) is 2.82. The number of carbonyl (C=O) groups excluding carboxylic acids is 1. The Kier molecular flexibility index (Phi) is 4.89. The van der Waals surface area contributed by atoms with Crippen molar-refractivity contribution >= 4 is 33.5 Å². The summed E-state index contributed by atoms with van der Waals surface area (Å²) in [5.41, 5.74) is 9.54. The lowest BCUT2D eigenvalue weighted by Crippen LogP contribution is -2.35. The number of methoxy groups -OCH3 is 1. The number of pyridine rings is 1. The zero-order valence-corrected chi connectivity index (χ0v) is 16.6. The second-order valence-corrected chi connectivity index (χ2v) is 7.00. The maximum Gasteiger partial charge on any atom is 0.246 e. The van der Waals surface area contributed by atoms with Crippen molar-refractivity contribution in [2.75, 3.05) is 33.0 Å². The second kappa shape index (κ2) is 7.51. The Balaban J connectivity index is 1.74. The fraction of sp³-hybridized carbons (Fsp3) is 0.300. The highest BCUT2D eigenvalue weighted by molar-refractivity contribution is 6.08. The van der Waals surface area contributed by atoms with Gasteiger partial charge in [-0.15, -0.1) is 0 Å². The lowest BCUT2D eigenvalue weighted by Gasteiger charge is -2.21. The molecule has 150 valence electrons. The number of nitrogens with zero attached hydrogens (tertiary/aromatic N) is 5. The van der Waals surface area contributed by atoms with Gasteiger partial charge in [-0.1, -0.05) is 6.07 Å². The van der Waals surface area contributed by atoms with Crippen molar-refractivity contribution in [1.29, 1.82) is 0 Å². The van der Waals surface area contributed by atoms with Crippen LogP contribution in [0.25, 0.3) is 33.1 Å². The summed E-state index contributed by atoms with van der Waals surface area (Å²) in [5.74, 6) is 0.333. The number of carbonyl (C=O) groups is 1. The lowest BCUT2D eigenvalue weighted by atomic mass is 10.1. The first-order valence-corrected chi connectivity index (χ1v) is 9.31. The van der Waals surface area contributed by atoms with Crippen LogP contribution in [0.1, 0.15) is 13.0 Å². The number of benzene rings is 1. The van der Waals surface area contributed by atoms with E-state index in [4.69, 9.17) is 10.5 Å². The number of nitrogen functional groups attached to an aromatic ring is 1. The molecular weight excluding hydrogens is 370 g/mol. The number of nitrogens with two attached hydrogens (primary N) is 1. The van der Waals surface area contributed by atoms with E-state index in [1.165, 1.54) is 0 Å². The monoisotopic (exact) mass is 393 g/mol. The van der Waals surface area contributed by atoms with E-state index in [-0.39, 0.29) is 5.91 Å². The molecular formula is C20H23N7O2. The van der Waals surface area contributed by atoms with E-state index in [2.05, 4.69) is 20.3 Å². The van der Waals surface area contributed by atoms with Gasteiger partial charge in [-0.2, -0.15) is 10.2 Å². The minimum atomic E-state index is -0.469. The molecule has 0 aliphatic rings. The van der Waals surface area contributed by atoms with E-state index >= 15 is 0 Å². The van der Waals surface area contributed by atoms with E-state index < -0.39 is 6.04 Å². The number of aromatic amines is 1. The molecule has 0 aliphatic heterocycles. The molecule has 0 saturated carbocycles. The number of ether oxygens (including phenoxy) is 1. The second-order valence-electron chi connectivity index (χ2n) is 7.00. The molecule has 0 spiro atoms. The highest BCUT2D eigenvalue weighted by Crippen LogP contribution is 2.30. The van der Waals surface area contributed by atoms with E-state index in [0.29, 0.717) is 19.0 Å². The van der Waals surface area contributed by atoms with Crippen LogP contribution in [-0.4, -0.2) is 63.1 Å². The molecule has 1 amide bonds. The third-order valence-corrected chi connectivity index (χ3v) is 5.07. The first-order chi connectivity index (χ1) is 14.0. The zero-order valence-electron chi connectivity index (χ0n) is 16.6. The van der Waals surface area contributed by atoms with E-state index in [0.717, 1.165) is 33.1 Å². The molecule has 1 atom stereocenters. The standard InChI is InChI=1S/C20H23N7O2/c1-12(20(28)26(2)8-9-29-3)27-11-15-18(25-27)14-5-4-13(16-6-7-22-24-16)10-17(14)23-19(15)21/h4-7,10-12H,8-9H2,1-3H3,(H2,21,23)(H,22,24). The maximum atomic E-state index is 12.7. The van der Waals surface area contributed by atoms with Crippen LogP contribution in [0, 0.1) is 0 Å². The van der Waals surface area contributed by atoms with Crippen molar-refractivity contribution < 1.29 is 9.53 Å². The normalized spacial score (nSPS) is 12.5. The minimum absolute atomic E-state index is 0.0489. The molecule has 9 heteroatoms. The fourth-order valence-corrected chi connectivity index (χ4v) is 3.35. The average Bonchev–Trinajstić information content (AvgIpc) is 3.41. The molecule has 9 nitrogen and oxygen atoms in total. The maximum absolute atomic E-state index is 12.7. The number of hydrogen-bond acceptors (Lipinski definition) is 6. The number of anilines is 1. The Hall–Kier alpha value is -3.46. The van der Waals surface area contributed by atoms with Crippen molar-refractivity contribution in [3.63, 3.8) is 0 Å². The van der Waals surface area contributed by atoms with Crippen LogP contribution in [0.2, 0.25) is 0 Å². The molecule has 0 fully saturated rings. The first kappa shape index (κ1) is 18.9. The van der Waals surface area contributed by atoms with Crippen molar-refractivity contribution in [1.82, 2.24) is 29.9 Å². The summed E-state index contributed by atoms with van der Waals surface area (Å²) in [6, 6.07) is 7.33. The Morgan fingerprint density at radius 1 is 1.34 bits per heavy atom. The zero-order chi connectivity index (χ0) is 20.5. The van der Waals surface area contributed by atoms with E-state index in [1.807, 2.05) is 31.2 Å². The van der Waals surface area contributed by atoms with Gasteiger partial charge in [-0.05, 0) is 25.1 Å². The van der Waals surface area contributed by atoms with Crippen LogP contribution in [0.4, 0.5) is 5.82 Å². The summed E-state index contributed by atoms with van der Waals surface area (Å²) < 4.78 is 6.70. The molecule has 0 saturated heterocycles. The number of aromatic nitrogens is 5. The van der Waals surface area contributed by atoms with E-state index in [1.54, 1.807) is 36.1 Å². The first-order valence-electron chi connectivity index (χ1n) is 9.31. The third kappa shape index (κ3) is 3.40. The van der Waals surface area contributed by atoms with Gasteiger partial charge in [0.1, 0.15) is 17.4 Å². The van der Waals surface area contributed by atoms with Gasteiger partial charge < -0.3 is 15.4 Å². The van der Waals surface area contributed by atoms with Crippen LogP contribution >= 0.6 is 0 Å². The van der Waals surface area contributed by atoms with Crippen LogP contribution in [0.15, 0.2) is 36.7 Å². The molecule has 0 radical (unpaired) electrons. The summed E-state index contributed by atoms with van der Waals surface area (Å²) in [6.07, 6.45) is 3.49. The molecule has 0 bridgehead atoms. The summed E-state index contributed by atoms with van der Waals surface area (Å²) >= 11 is 0. The molecule has 3 aromatic heterocycles. The van der Waals surface area contributed by atoms with Crippen LogP contribution in [-0.2, 0) is 9.53 Å². The predicted molar refractivity (Wildman–Crippen MR) is 111 cm³/mol. The molecule has 4 aromatic rings. The van der Waals surface area contributed by atoms with E-state index in [9.17, 15) is 4.79 Å². The number of fused-ring (bicyclic) bond motifs is 3. The van der Waals surface area contributed by atoms with Gasteiger partial charge in [-0.25, -0.2) is 4.98 Å². The molecule has 29 heavy (non-hydrogen) atoms. The predicted octanol–water partition coefficient (Wildman–Crippen LogP) is 2.22. The highest BCUT2D eigenvalue weighted by atomic mass is 16.5. The number of nitrogens with one attached hydrogen (secondary N) is 1. The van der Waals surface area contributed by atoms with Gasteiger partial charge in [0.05, 0.1) is 23.2 Å². The number of likely N-dealkylation sites (N-methyl/N-ethyl adjacent to an activating group) is 1. The van der Waals surface area contributed by atoms with Gasteiger partial charge in [0, 0.05) is 44.0 Å². The van der Waals surface area contributed by atoms with Crippen LogP contribution < -0.4 is 5.73 Å². The number of hydrogen-bond donors (Lipinski definition) is 2. The largest absolute Gasteiger partial charge is 0.383 e. The van der Waals surface area contributed by atoms with Gasteiger partial charge >= 0.3 is 0 Å². The molecule has 1 aromatic carbocycles. The van der Waals surface area contributed by atoms with Crippen molar-refractivity contribution in [3.8, 4) is 11.3 Å². The molecule has 0 aliphatic carbocycles. The minimum Gasteiger partial charge on any atom is -0.383 e. The Morgan fingerprint density at radius 2 is 2.17 bits per heavy atom. The smallest absolute Gasteiger partial charge is 0.246 e. The lowest BCUT2D eigenvalue weighted by molar-refractivity contribution is -0.133. The van der Waals surface area contributed by atoms with Crippen molar-refractivity contribution in [2.24, 2.45) is 0 Å². The molecule has 4 rings (SSSR count). The average molecular weight is 393 g/mol. The van der Waals surface area contributed by atoms with Crippen LogP contribution in [0.5, 0.6) is 0 Å². The van der Waals surface area contributed by atoms with Gasteiger partial charge in [0.2, 0.25) is 5.91 Å². The Bertz CT molecular complexity index is 1170. The summed E-state index contributed by atoms with van der Waals surface area (Å²) in [4.78, 5) is 18.9. The van der Waals surface area contributed by atoms with Gasteiger partial charge in [0.25, 0.3) is 0 Å². The molecule has 3 N–H and O–H groups in total. The van der Waals surface area contributed by atoms with Crippen molar-refractivity contribution in [3.05, 3.63) is 36.7 Å². The molecule has 1 unspecified atom stereocenters. The quantitative estimate of drug-likeness (QED) is 0.519. The number of amides is 1. The Labute approximate surface area is 167 Å². The van der Waals surface area contributed by atoms with Crippen LogP contribution in [0.3, 0.4) is 0 Å². The Morgan fingerprint density at radius 3 is 2.90 bits per heavy atom. The summed E-state index contributed by atoms with van der Waals surface area (Å²) in [5, 5.41) is 13.2. The summed E-state index contributed by atoms with van der Waals surface area (Å²) in [7, 11) is 3.37. The number of rotatable bonds is 6. The molecule has 3 heterocycles. The topological polar surface area (TPSA) is 115 Å². The van der Waals surface area contributed by atoms with Crippen molar-refractivity contribution in [2.45, 2.75) is 13.0 Å². The van der Waals surface area contributed by atoms with Gasteiger partial charge in [-0.3, -0.25) is 14.6 Å². The number of H-pyrrole nitrogens is 1. The fourth-order valence-electron chi connectivity index (χ4n) is 3.35. The van der Waals surface area contributed by atoms with Gasteiger partial charge in [0.15, 0.2) is 0 Å². The third-order valence-electron chi connectivity index (χ3n) is 5.07. The highest BCUT2D eigenvalue weighted by Gasteiger charge is 2.22.